The lowest BCUT2D eigenvalue weighted by atomic mass is 9.47. The Morgan fingerprint density at radius 2 is 1.81 bits per heavy atom. The molecule has 0 bridgehead atoms. The maximum absolute atomic E-state index is 5.76. The summed E-state index contributed by atoms with van der Waals surface area (Å²) >= 11 is 0. The Bertz CT molecular complexity index is 689. The number of hydrogen-bond acceptors (Lipinski definition) is 1. The predicted molar refractivity (Wildman–Crippen MR) is 133 cm³/mol. The Morgan fingerprint density at radius 1 is 1.03 bits per heavy atom. The van der Waals surface area contributed by atoms with Gasteiger partial charge in [0.25, 0.3) is 0 Å². The summed E-state index contributed by atoms with van der Waals surface area (Å²) < 4.78 is 5.76. The van der Waals surface area contributed by atoms with Crippen molar-refractivity contribution in [1.82, 2.24) is 0 Å². The zero-order valence-electron chi connectivity index (χ0n) is 21.6. The van der Waals surface area contributed by atoms with E-state index in [1.807, 2.05) is 7.11 Å². The van der Waals surface area contributed by atoms with E-state index in [0.717, 1.165) is 41.4 Å². The fourth-order valence-corrected chi connectivity index (χ4v) is 9.01. The van der Waals surface area contributed by atoms with Crippen molar-refractivity contribution in [2.75, 3.05) is 7.11 Å². The van der Waals surface area contributed by atoms with E-state index in [1.165, 1.54) is 57.8 Å². The highest BCUT2D eigenvalue weighted by atomic mass is 16.5. The zero-order valence-corrected chi connectivity index (χ0v) is 21.6. The molecule has 3 fully saturated rings. The molecule has 0 aromatic heterocycles. The van der Waals surface area contributed by atoms with Crippen molar-refractivity contribution in [3.8, 4) is 0 Å². The summed E-state index contributed by atoms with van der Waals surface area (Å²) in [6.45, 7) is 14.9. The number of fused-ring (bicyclic) bond motifs is 5. The molecule has 3 saturated carbocycles. The highest BCUT2D eigenvalue weighted by Crippen LogP contribution is 2.67. The Balaban J connectivity index is 1.51. The van der Waals surface area contributed by atoms with Crippen LogP contribution in [0.2, 0.25) is 0 Å². The first-order valence-corrected chi connectivity index (χ1v) is 13.6. The van der Waals surface area contributed by atoms with Crippen LogP contribution in [0.15, 0.2) is 23.8 Å². The van der Waals surface area contributed by atoms with E-state index in [0.29, 0.717) is 16.9 Å². The average molecular weight is 427 g/mol. The van der Waals surface area contributed by atoms with Gasteiger partial charge in [0.1, 0.15) is 0 Å². The van der Waals surface area contributed by atoms with Crippen LogP contribution < -0.4 is 0 Å². The van der Waals surface area contributed by atoms with Gasteiger partial charge in [0.2, 0.25) is 0 Å². The maximum Gasteiger partial charge on any atom is 0.0608 e. The Hall–Kier alpha value is -0.560. The molecule has 0 radical (unpaired) electrons. The van der Waals surface area contributed by atoms with Crippen LogP contribution in [0.3, 0.4) is 0 Å². The molecule has 4 aliphatic rings. The topological polar surface area (TPSA) is 9.23 Å². The van der Waals surface area contributed by atoms with Crippen LogP contribution in [-0.2, 0) is 4.74 Å². The molecule has 4 aliphatic carbocycles. The molecule has 9 atom stereocenters. The smallest absolute Gasteiger partial charge is 0.0608 e. The van der Waals surface area contributed by atoms with Crippen molar-refractivity contribution in [3.63, 3.8) is 0 Å². The first kappa shape index (κ1) is 23.6. The largest absolute Gasteiger partial charge is 0.381 e. The first-order chi connectivity index (χ1) is 14.7. The van der Waals surface area contributed by atoms with Gasteiger partial charge in [0.05, 0.1) is 6.10 Å². The average Bonchev–Trinajstić information content (AvgIpc) is 3.10. The lowest BCUT2D eigenvalue weighted by Gasteiger charge is -2.58. The fourth-order valence-electron chi connectivity index (χ4n) is 9.01. The number of rotatable bonds is 6. The molecule has 0 heterocycles. The highest BCUT2D eigenvalue weighted by molar-refractivity contribution is 5.25. The fraction of sp³-hybridized carbons (Fsp3) is 0.867. The van der Waals surface area contributed by atoms with E-state index in [2.05, 4.69) is 59.8 Å². The molecule has 1 heteroatoms. The van der Waals surface area contributed by atoms with Crippen LogP contribution >= 0.6 is 0 Å². The van der Waals surface area contributed by atoms with Crippen LogP contribution in [0.1, 0.15) is 99.3 Å². The van der Waals surface area contributed by atoms with Gasteiger partial charge in [-0.05, 0) is 110 Å². The summed E-state index contributed by atoms with van der Waals surface area (Å²) in [7, 11) is 1.91. The minimum atomic E-state index is 0.453. The number of hydrogen-bond donors (Lipinski definition) is 0. The van der Waals surface area contributed by atoms with Gasteiger partial charge in [0, 0.05) is 7.11 Å². The molecule has 0 N–H and O–H groups in total. The van der Waals surface area contributed by atoms with Crippen molar-refractivity contribution in [2.24, 2.45) is 52.3 Å². The third-order valence-corrected chi connectivity index (χ3v) is 11.1. The van der Waals surface area contributed by atoms with Crippen LogP contribution in [0, 0.1) is 52.3 Å². The summed E-state index contributed by atoms with van der Waals surface area (Å²) in [5, 5.41) is 0. The van der Waals surface area contributed by atoms with Crippen molar-refractivity contribution < 1.29 is 4.74 Å². The molecule has 176 valence electrons. The molecule has 0 spiro atoms. The molecule has 0 unspecified atom stereocenters. The third-order valence-electron chi connectivity index (χ3n) is 11.1. The van der Waals surface area contributed by atoms with Crippen molar-refractivity contribution >= 4 is 0 Å². The predicted octanol–water partition coefficient (Wildman–Crippen LogP) is 8.45. The van der Waals surface area contributed by atoms with Crippen LogP contribution in [0.25, 0.3) is 0 Å². The molecular weight excluding hydrogens is 376 g/mol. The Kier molecular flexibility index (Phi) is 6.85. The minimum absolute atomic E-state index is 0.453. The first-order valence-electron chi connectivity index (χ1n) is 13.6. The van der Waals surface area contributed by atoms with E-state index in [9.17, 15) is 0 Å². The van der Waals surface area contributed by atoms with Gasteiger partial charge in [-0.15, -0.1) is 0 Å². The van der Waals surface area contributed by atoms with Gasteiger partial charge in [-0.2, -0.15) is 0 Å². The summed E-state index contributed by atoms with van der Waals surface area (Å²) in [5.74, 6) is 5.88. The second kappa shape index (κ2) is 9.00. The Morgan fingerprint density at radius 3 is 2.48 bits per heavy atom. The summed E-state index contributed by atoms with van der Waals surface area (Å²) in [4.78, 5) is 0. The van der Waals surface area contributed by atoms with E-state index < -0.39 is 0 Å². The van der Waals surface area contributed by atoms with Gasteiger partial charge >= 0.3 is 0 Å². The van der Waals surface area contributed by atoms with E-state index >= 15 is 0 Å². The molecule has 0 aliphatic heterocycles. The lowest BCUT2D eigenvalue weighted by Crippen LogP contribution is -2.50. The second-order valence-corrected chi connectivity index (χ2v) is 12.6. The Labute approximate surface area is 193 Å². The highest BCUT2D eigenvalue weighted by Gasteiger charge is 2.59. The molecule has 31 heavy (non-hydrogen) atoms. The number of methoxy groups -OCH3 is 1. The van der Waals surface area contributed by atoms with Crippen molar-refractivity contribution in [2.45, 2.75) is 105 Å². The lowest BCUT2D eigenvalue weighted by molar-refractivity contribution is -0.0572. The maximum atomic E-state index is 5.76. The molecule has 1 nitrogen and oxygen atoms in total. The van der Waals surface area contributed by atoms with E-state index in [4.69, 9.17) is 4.74 Å². The minimum Gasteiger partial charge on any atom is -0.381 e. The molecule has 0 amide bonds. The van der Waals surface area contributed by atoms with Crippen LogP contribution in [0.4, 0.5) is 0 Å². The van der Waals surface area contributed by atoms with Crippen LogP contribution in [0.5, 0.6) is 0 Å². The second-order valence-electron chi connectivity index (χ2n) is 12.6. The summed E-state index contributed by atoms with van der Waals surface area (Å²) in [5.41, 5.74) is 2.75. The molecule has 0 aromatic rings. The third kappa shape index (κ3) is 4.00. The van der Waals surface area contributed by atoms with Crippen molar-refractivity contribution in [1.29, 1.82) is 0 Å². The molecule has 0 saturated heterocycles. The number of ether oxygens (including phenoxy) is 1. The van der Waals surface area contributed by atoms with Gasteiger partial charge in [-0.1, -0.05) is 65.3 Å². The SMILES string of the molecule is CC[C@@H](/C=C/[C@@H](C)[C@H]1CC[C@H]2[C@@H]3CC=C4C[C@@H](OC)CC[C@]4(C)[C@H]3CC[C@]12C)C(C)C. The summed E-state index contributed by atoms with van der Waals surface area (Å²) in [6, 6.07) is 0. The summed E-state index contributed by atoms with van der Waals surface area (Å²) in [6.07, 6.45) is 20.6. The number of allylic oxidation sites excluding steroid dienone is 3. The van der Waals surface area contributed by atoms with Gasteiger partial charge in [0.15, 0.2) is 0 Å². The molecule has 4 rings (SSSR count). The van der Waals surface area contributed by atoms with Crippen LogP contribution in [-0.4, -0.2) is 13.2 Å². The normalized spacial score (nSPS) is 44.5. The standard InChI is InChI=1S/C30H50O/c1-8-22(20(2)3)10-9-21(4)26-13-14-27-25-12-11-23-19-24(31-7)15-17-29(23,5)28(25)16-18-30(26,27)6/h9-11,20-22,24-28H,8,12-19H2,1-7H3/b10-9+/t21-,22+,24+,25+,26-,27+,28+,29+,30-/m1/s1. The zero-order chi connectivity index (χ0) is 22.4. The molecule has 0 aromatic carbocycles. The monoisotopic (exact) mass is 426 g/mol. The van der Waals surface area contributed by atoms with Gasteiger partial charge in [-0.25, -0.2) is 0 Å². The van der Waals surface area contributed by atoms with Gasteiger partial charge in [-0.3, -0.25) is 0 Å². The van der Waals surface area contributed by atoms with E-state index in [-0.39, 0.29) is 0 Å². The quantitative estimate of drug-likeness (QED) is 0.387. The molecular formula is C30H50O. The van der Waals surface area contributed by atoms with Gasteiger partial charge < -0.3 is 4.74 Å². The van der Waals surface area contributed by atoms with Crippen molar-refractivity contribution in [3.05, 3.63) is 23.8 Å². The van der Waals surface area contributed by atoms with E-state index in [1.54, 1.807) is 5.57 Å².